The van der Waals surface area contributed by atoms with E-state index in [4.69, 9.17) is 15.0 Å². The van der Waals surface area contributed by atoms with Gasteiger partial charge in [-0.05, 0) is 31.1 Å². The van der Waals surface area contributed by atoms with E-state index in [1.165, 1.54) is 19.2 Å². The Balaban J connectivity index is 1.83. The van der Waals surface area contributed by atoms with E-state index in [2.05, 4.69) is 10.1 Å². The number of aliphatic hydroxyl groups is 1. The van der Waals surface area contributed by atoms with Crippen LogP contribution in [0.15, 0.2) is 47.4 Å². The van der Waals surface area contributed by atoms with Gasteiger partial charge in [0.25, 0.3) is 7.21 Å². The minimum absolute atomic E-state index is 0.0377. The Hall–Kier alpha value is -2.00. The van der Waals surface area contributed by atoms with Crippen molar-refractivity contribution in [2.24, 2.45) is 5.92 Å². The lowest BCUT2D eigenvalue weighted by molar-refractivity contribution is -0.119. The monoisotopic (exact) mass is 528 g/mol. The molecule has 2 heterocycles. The normalized spacial score (nSPS) is 27.3. The molecule has 0 aliphatic carbocycles. The average Bonchev–Trinajstić information content (AvgIpc) is 3.00. The van der Waals surface area contributed by atoms with E-state index in [-0.39, 0.29) is 25.8 Å². The maximum absolute atomic E-state index is 15.5. The Kier molecular flexibility index (Phi) is 8.63. The Bertz CT molecular complexity index is 1150. The van der Waals surface area contributed by atoms with Crippen LogP contribution < -0.4 is 21.8 Å². The lowest BCUT2D eigenvalue weighted by atomic mass is 9.98. The molecule has 2 unspecified atom stereocenters. The van der Waals surface area contributed by atoms with Gasteiger partial charge in [0.05, 0.1) is 12.6 Å². The highest BCUT2D eigenvalue weighted by Crippen LogP contribution is 2.61. The predicted molar refractivity (Wildman–Crippen MR) is 133 cm³/mol. The summed E-state index contributed by atoms with van der Waals surface area (Å²) in [7, 11) is -4.04. The number of nitrogens with one attached hydrogen (secondary N) is 1. The number of aliphatic hydroxyl groups excluding tert-OH is 1. The van der Waals surface area contributed by atoms with Crippen molar-refractivity contribution in [3.8, 4) is 0 Å². The number of anilines is 1. The first kappa shape index (κ1) is 27.6. The summed E-state index contributed by atoms with van der Waals surface area (Å²) in [4.78, 5) is 28.0. The topological polar surface area (TPSA) is 146 Å². The summed E-state index contributed by atoms with van der Waals surface area (Å²) in [5, 5.41) is 14.2. The fraction of sp³-hybridized carbons (Fsp3) is 0.500. The van der Waals surface area contributed by atoms with E-state index >= 15 is 4.39 Å². The Morgan fingerprint density at radius 1 is 1.40 bits per heavy atom. The zero-order valence-electron chi connectivity index (χ0n) is 19.9. The molecule has 0 radical (unpaired) electrons. The Labute approximate surface area is 204 Å². The Morgan fingerprint density at radius 2 is 2.06 bits per heavy atom. The molecule has 1 aromatic heterocycles. The Morgan fingerprint density at radius 3 is 2.63 bits per heavy atom. The minimum atomic E-state index is -3.69. The third kappa shape index (κ3) is 6.42. The standard InChI is InChI=1S/C22H31FN4O6P2/c1-13(2)18(14(3)28)26-35(31,34-15-8-6-5-7-9-15)32-12-16-19(29)22(4,23)20(33-16)27-11-10-17(24)25-21(27)30/h5-11,13,16,18-20,29,34H,12H2,1-4H3,(H,26,31)(H2,24,25,30)/t16-,18+,19-,20-,22-,35?/m1/s1. The van der Waals surface area contributed by atoms with Crippen LogP contribution in [-0.4, -0.2) is 51.0 Å². The van der Waals surface area contributed by atoms with Crippen LogP contribution >= 0.6 is 15.5 Å². The zero-order chi connectivity index (χ0) is 26.0. The van der Waals surface area contributed by atoms with E-state index in [9.17, 15) is 19.3 Å². The van der Waals surface area contributed by atoms with Crippen LogP contribution in [0.5, 0.6) is 0 Å². The third-order valence-corrected chi connectivity index (χ3v) is 10.2. The molecule has 3 rings (SSSR count). The summed E-state index contributed by atoms with van der Waals surface area (Å²) in [6, 6.07) is 9.54. The number of alkyl halides is 1. The second-order valence-electron chi connectivity index (χ2n) is 8.95. The first-order valence-electron chi connectivity index (χ1n) is 11.1. The number of hydrogen-bond donors (Lipinski definition) is 3. The number of nitrogens with two attached hydrogens (primary N) is 1. The van der Waals surface area contributed by atoms with Crippen LogP contribution in [0.2, 0.25) is 0 Å². The third-order valence-electron chi connectivity index (χ3n) is 5.71. The molecular formula is C22H31FN4O6P2. The summed E-state index contributed by atoms with van der Waals surface area (Å²) in [6.07, 6.45) is -3.22. The summed E-state index contributed by atoms with van der Waals surface area (Å²) in [5.74, 6) is -0.406. The first-order valence-corrected chi connectivity index (χ1v) is 14.5. The van der Waals surface area contributed by atoms with Gasteiger partial charge in [-0.1, -0.05) is 44.2 Å². The minimum Gasteiger partial charge on any atom is -0.387 e. The molecule has 13 heteroatoms. The molecule has 2 aromatic rings. The second kappa shape index (κ2) is 10.9. The second-order valence-corrected chi connectivity index (χ2v) is 13.8. The van der Waals surface area contributed by atoms with E-state index in [1.54, 1.807) is 24.3 Å². The number of halogens is 1. The molecule has 0 amide bonds. The molecule has 7 atom stereocenters. The van der Waals surface area contributed by atoms with Crippen molar-refractivity contribution >= 4 is 32.4 Å². The van der Waals surface area contributed by atoms with Crippen LogP contribution in [0, 0.1) is 5.92 Å². The molecule has 10 nitrogen and oxygen atoms in total. The van der Waals surface area contributed by atoms with Crippen LogP contribution in [0.1, 0.15) is 33.9 Å². The number of aromatic nitrogens is 2. The van der Waals surface area contributed by atoms with Gasteiger partial charge >= 0.3 is 5.69 Å². The van der Waals surface area contributed by atoms with Gasteiger partial charge in [-0.3, -0.25) is 13.9 Å². The molecule has 1 aliphatic heterocycles. The van der Waals surface area contributed by atoms with Gasteiger partial charge < -0.3 is 20.1 Å². The van der Waals surface area contributed by atoms with Crippen molar-refractivity contribution in [1.29, 1.82) is 0 Å². The number of benzene rings is 1. The number of nitrogen functional groups attached to an aromatic ring is 1. The van der Waals surface area contributed by atoms with Crippen molar-refractivity contribution < 1.29 is 28.1 Å². The SMILES string of the molecule is CC(=O)[C@@H](NP(=O)(OC[C@H]1O[C@@H](n2ccc(N)nc2=O)[C@](C)(F)[C@@H]1O)Pc1ccccc1)C(C)C. The van der Waals surface area contributed by atoms with Crippen molar-refractivity contribution in [3.63, 3.8) is 0 Å². The fourth-order valence-corrected chi connectivity index (χ4v) is 8.39. The molecule has 4 N–H and O–H groups in total. The highest BCUT2D eigenvalue weighted by molar-refractivity contribution is 8.24. The summed E-state index contributed by atoms with van der Waals surface area (Å²) in [5.41, 5.74) is 2.28. The van der Waals surface area contributed by atoms with Crippen LogP contribution in [-0.2, 0) is 18.6 Å². The summed E-state index contributed by atoms with van der Waals surface area (Å²) in [6.45, 7) is 5.68. The highest BCUT2D eigenvalue weighted by atomic mass is 32.1. The zero-order valence-corrected chi connectivity index (χ0v) is 21.8. The van der Waals surface area contributed by atoms with Gasteiger partial charge in [0, 0.05) is 14.5 Å². The lowest BCUT2D eigenvalue weighted by Crippen LogP contribution is -2.43. The molecular weight excluding hydrogens is 497 g/mol. The molecule has 192 valence electrons. The first-order chi connectivity index (χ1) is 16.3. The molecule has 1 saturated heterocycles. The number of hydrogen-bond acceptors (Lipinski definition) is 8. The van der Waals surface area contributed by atoms with E-state index < -0.39 is 49.7 Å². The van der Waals surface area contributed by atoms with Crippen LogP contribution in [0.3, 0.4) is 0 Å². The number of carbonyl (C=O) groups is 1. The van der Waals surface area contributed by atoms with Gasteiger partial charge in [0.2, 0.25) is 0 Å². The lowest BCUT2D eigenvalue weighted by Gasteiger charge is -2.28. The van der Waals surface area contributed by atoms with Gasteiger partial charge in [0.15, 0.2) is 11.9 Å². The fourth-order valence-electron chi connectivity index (χ4n) is 3.81. The van der Waals surface area contributed by atoms with Gasteiger partial charge in [-0.25, -0.2) is 14.3 Å². The maximum Gasteiger partial charge on any atom is 0.351 e. The molecule has 1 fully saturated rings. The smallest absolute Gasteiger partial charge is 0.351 e. The largest absolute Gasteiger partial charge is 0.387 e. The molecule has 35 heavy (non-hydrogen) atoms. The van der Waals surface area contributed by atoms with Gasteiger partial charge in [-0.15, -0.1) is 0 Å². The number of nitrogens with zero attached hydrogens (tertiary/aromatic N) is 2. The summed E-state index contributed by atoms with van der Waals surface area (Å²) >= 11 is 0. The molecule has 1 aromatic carbocycles. The molecule has 0 saturated carbocycles. The highest BCUT2D eigenvalue weighted by Gasteiger charge is 2.55. The number of ketones is 1. The van der Waals surface area contributed by atoms with Crippen LogP contribution in [0.25, 0.3) is 0 Å². The number of Topliss-reactive ketones (excluding diaryl/α,β-unsaturated/α-hetero) is 1. The molecule has 1 aliphatic rings. The quantitative estimate of drug-likeness (QED) is 0.395. The average molecular weight is 528 g/mol. The van der Waals surface area contributed by atoms with Crippen molar-refractivity contribution in [1.82, 2.24) is 14.6 Å². The number of ether oxygens (including phenoxy) is 1. The van der Waals surface area contributed by atoms with Gasteiger partial charge in [0.1, 0.15) is 23.8 Å². The number of carbonyl (C=O) groups excluding carboxylic acids is 1. The van der Waals surface area contributed by atoms with E-state index in [0.29, 0.717) is 0 Å². The van der Waals surface area contributed by atoms with Crippen molar-refractivity contribution in [2.45, 2.75) is 57.8 Å². The summed E-state index contributed by atoms with van der Waals surface area (Å²) < 4.78 is 41.7. The number of rotatable bonds is 10. The van der Waals surface area contributed by atoms with Crippen molar-refractivity contribution in [2.75, 3.05) is 12.3 Å². The maximum atomic E-state index is 15.5. The van der Waals surface area contributed by atoms with Crippen molar-refractivity contribution in [3.05, 3.63) is 53.1 Å². The predicted octanol–water partition coefficient (Wildman–Crippen LogP) is 2.14. The van der Waals surface area contributed by atoms with Crippen LogP contribution in [0.4, 0.5) is 10.2 Å². The van der Waals surface area contributed by atoms with E-state index in [1.807, 2.05) is 19.9 Å². The molecule has 0 bridgehead atoms. The van der Waals surface area contributed by atoms with Gasteiger partial charge in [-0.2, -0.15) is 4.98 Å². The van der Waals surface area contributed by atoms with E-state index in [0.717, 1.165) is 16.8 Å². The molecule has 0 spiro atoms.